The smallest absolute Gasteiger partial charge is 0.271 e. The van der Waals surface area contributed by atoms with Gasteiger partial charge in [-0.05, 0) is 37.0 Å². The van der Waals surface area contributed by atoms with Crippen molar-refractivity contribution in [2.24, 2.45) is 0 Å². The highest BCUT2D eigenvalue weighted by Crippen LogP contribution is 2.31. The van der Waals surface area contributed by atoms with Crippen LogP contribution in [0.2, 0.25) is 0 Å². The summed E-state index contributed by atoms with van der Waals surface area (Å²) >= 11 is 0. The van der Waals surface area contributed by atoms with Crippen molar-refractivity contribution >= 4 is 11.4 Å². The molecule has 1 aromatic carbocycles. The fraction of sp³-hybridized carbons (Fsp3) is 0.267. The van der Waals surface area contributed by atoms with E-state index in [2.05, 4.69) is 10.3 Å². The van der Waals surface area contributed by atoms with E-state index in [1.807, 2.05) is 12.1 Å². The van der Waals surface area contributed by atoms with Crippen molar-refractivity contribution in [3.05, 3.63) is 68.1 Å². The highest BCUT2D eigenvalue weighted by molar-refractivity contribution is 5.52. The summed E-state index contributed by atoms with van der Waals surface area (Å²) in [5.74, 6) is 0. The maximum absolute atomic E-state index is 11.4. The third-order valence-corrected chi connectivity index (χ3v) is 3.73. The lowest BCUT2D eigenvalue weighted by Crippen LogP contribution is -2.21. The maximum Gasteiger partial charge on any atom is 0.271 e. The first-order valence-electron chi connectivity index (χ1n) is 6.86. The molecule has 0 aliphatic heterocycles. The van der Waals surface area contributed by atoms with Crippen LogP contribution in [0.4, 0.5) is 11.4 Å². The lowest BCUT2D eigenvalue weighted by atomic mass is 9.91. The van der Waals surface area contributed by atoms with E-state index in [4.69, 9.17) is 0 Å². The molecule has 0 saturated heterocycles. The zero-order chi connectivity index (χ0) is 14.8. The molecule has 1 atom stereocenters. The molecule has 2 N–H and O–H groups in total. The minimum Gasteiger partial charge on any atom is -0.378 e. The van der Waals surface area contributed by atoms with Crippen LogP contribution in [0.3, 0.4) is 0 Å². The first-order chi connectivity index (χ1) is 10.1. The number of H-pyrrole nitrogens is 1. The molecule has 21 heavy (non-hydrogen) atoms. The Morgan fingerprint density at radius 1 is 1.29 bits per heavy atom. The topological polar surface area (TPSA) is 88.0 Å². The summed E-state index contributed by atoms with van der Waals surface area (Å²) in [7, 11) is 0. The number of hydrogen-bond donors (Lipinski definition) is 2. The van der Waals surface area contributed by atoms with Crippen molar-refractivity contribution in [3.8, 4) is 0 Å². The Hall–Kier alpha value is -2.63. The van der Waals surface area contributed by atoms with Gasteiger partial charge in [-0.15, -0.1) is 0 Å². The standard InChI is InChI=1S/C15H15N3O3/c19-15-8-7-12-13(5-2-6-14(12)17-15)16-10-3-1-4-11(9-10)18(20)21/h1,3-4,7-9,13,16H,2,5-6H2,(H,17,19). The van der Waals surface area contributed by atoms with Gasteiger partial charge in [-0.2, -0.15) is 0 Å². The van der Waals surface area contributed by atoms with Gasteiger partial charge in [-0.1, -0.05) is 6.07 Å². The predicted molar refractivity (Wildman–Crippen MR) is 79.5 cm³/mol. The number of non-ortho nitro benzene ring substituents is 1. The number of rotatable bonds is 3. The Morgan fingerprint density at radius 3 is 2.95 bits per heavy atom. The Balaban J connectivity index is 1.88. The fourth-order valence-corrected chi connectivity index (χ4v) is 2.76. The first-order valence-corrected chi connectivity index (χ1v) is 6.86. The van der Waals surface area contributed by atoms with Gasteiger partial charge in [0.15, 0.2) is 0 Å². The molecule has 0 amide bonds. The van der Waals surface area contributed by atoms with Crippen molar-refractivity contribution < 1.29 is 4.92 Å². The second-order valence-corrected chi connectivity index (χ2v) is 5.15. The summed E-state index contributed by atoms with van der Waals surface area (Å²) in [5, 5.41) is 14.1. The van der Waals surface area contributed by atoms with Gasteiger partial charge in [0.1, 0.15) is 0 Å². The van der Waals surface area contributed by atoms with E-state index in [0.29, 0.717) is 5.69 Å². The summed E-state index contributed by atoms with van der Waals surface area (Å²) in [4.78, 5) is 24.7. The van der Waals surface area contributed by atoms with Crippen molar-refractivity contribution in [2.75, 3.05) is 5.32 Å². The highest BCUT2D eigenvalue weighted by Gasteiger charge is 2.21. The number of nitrogens with one attached hydrogen (secondary N) is 2. The summed E-state index contributed by atoms with van der Waals surface area (Å²) in [6.45, 7) is 0. The van der Waals surface area contributed by atoms with E-state index in [9.17, 15) is 14.9 Å². The molecule has 0 fully saturated rings. The number of nitrogens with zero attached hydrogens (tertiary/aromatic N) is 1. The molecule has 2 aromatic rings. The second kappa shape index (κ2) is 5.40. The second-order valence-electron chi connectivity index (χ2n) is 5.15. The Kier molecular flexibility index (Phi) is 3.43. The third kappa shape index (κ3) is 2.79. The van der Waals surface area contributed by atoms with Gasteiger partial charge in [-0.25, -0.2) is 0 Å². The van der Waals surface area contributed by atoms with Crippen molar-refractivity contribution in [2.45, 2.75) is 25.3 Å². The first kappa shape index (κ1) is 13.4. The van der Waals surface area contributed by atoms with E-state index < -0.39 is 4.92 Å². The summed E-state index contributed by atoms with van der Waals surface area (Å²) < 4.78 is 0. The number of aryl methyl sites for hydroxylation is 1. The minimum atomic E-state index is -0.405. The Labute approximate surface area is 121 Å². The zero-order valence-corrected chi connectivity index (χ0v) is 11.3. The van der Waals surface area contributed by atoms with E-state index in [1.165, 1.54) is 18.2 Å². The van der Waals surface area contributed by atoms with Gasteiger partial charge < -0.3 is 10.3 Å². The average Bonchev–Trinajstić information content (AvgIpc) is 2.47. The average molecular weight is 285 g/mol. The van der Waals surface area contributed by atoms with Crippen LogP contribution >= 0.6 is 0 Å². The largest absolute Gasteiger partial charge is 0.378 e. The van der Waals surface area contributed by atoms with E-state index in [-0.39, 0.29) is 17.3 Å². The molecule has 1 aromatic heterocycles. The van der Waals surface area contributed by atoms with E-state index in [1.54, 1.807) is 6.07 Å². The van der Waals surface area contributed by atoms with Gasteiger partial charge in [-0.3, -0.25) is 14.9 Å². The number of hydrogen-bond acceptors (Lipinski definition) is 4. The third-order valence-electron chi connectivity index (χ3n) is 3.73. The number of pyridine rings is 1. The van der Waals surface area contributed by atoms with Gasteiger partial charge in [0.05, 0.1) is 11.0 Å². The number of benzene rings is 1. The fourth-order valence-electron chi connectivity index (χ4n) is 2.76. The van der Waals surface area contributed by atoms with Crippen molar-refractivity contribution in [3.63, 3.8) is 0 Å². The molecule has 1 heterocycles. The number of nitro groups is 1. The van der Waals surface area contributed by atoms with Crippen molar-refractivity contribution in [1.29, 1.82) is 0 Å². The molecule has 0 spiro atoms. The molecule has 108 valence electrons. The molecule has 0 bridgehead atoms. The quantitative estimate of drug-likeness (QED) is 0.670. The van der Waals surface area contributed by atoms with Crippen LogP contribution in [0.15, 0.2) is 41.2 Å². The van der Waals surface area contributed by atoms with Crippen molar-refractivity contribution in [1.82, 2.24) is 4.98 Å². The molecule has 1 aliphatic rings. The SMILES string of the molecule is O=c1ccc2c([nH]1)CCCC2Nc1cccc([N+](=O)[O-])c1. The number of anilines is 1. The predicted octanol–water partition coefficient (Wildman–Crippen LogP) is 2.77. The molecule has 0 radical (unpaired) electrons. The Morgan fingerprint density at radius 2 is 2.14 bits per heavy atom. The number of fused-ring (bicyclic) bond motifs is 1. The van der Waals surface area contributed by atoms with Gasteiger partial charge in [0.25, 0.3) is 5.69 Å². The molecule has 3 rings (SSSR count). The van der Waals surface area contributed by atoms with E-state index in [0.717, 1.165) is 30.5 Å². The van der Waals surface area contributed by atoms with E-state index >= 15 is 0 Å². The van der Waals surface area contributed by atoms with Crippen LogP contribution in [0.5, 0.6) is 0 Å². The molecular weight excluding hydrogens is 270 g/mol. The normalized spacial score (nSPS) is 17.0. The monoisotopic (exact) mass is 285 g/mol. The van der Waals surface area contributed by atoms with Crippen LogP contribution in [-0.4, -0.2) is 9.91 Å². The van der Waals surface area contributed by atoms with Crippen LogP contribution in [0, 0.1) is 10.1 Å². The van der Waals surface area contributed by atoms with Crippen LogP contribution in [-0.2, 0) is 6.42 Å². The lowest BCUT2D eigenvalue weighted by molar-refractivity contribution is -0.384. The summed E-state index contributed by atoms with van der Waals surface area (Å²) in [5.41, 5.74) is 2.71. The lowest BCUT2D eigenvalue weighted by Gasteiger charge is -2.26. The zero-order valence-electron chi connectivity index (χ0n) is 11.3. The number of nitro benzene ring substituents is 1. The molecule has 1 aliphatic carbocycles. The molecule has 6 heteroatoms. The van der Waals surface area contributed by atoms with Gasteiger partial charge >= 0.3 is 0 Å². The van der Waals surface area contributed by atoms with Crippen LogP contribution in [0.1, 0.15) is 30.1 Å². The molecular formula is C15H15N3O3. The highest BCUT2D eigenvalue weighted by atomic mass is 16.6. The van der Waals surface area contributed by atoms with Gasteiger partial charge in [0, 0.05) is 29.6 Å². The Bertz CT molecular complexity index is 739. The number of aromatic amines is 1. The minimum absolute atomic E-state index is 0.0626. The molecule has 0 saturated carbocycles. The molecule has 6 nitrogen and oxygen atoms in total. The number of aromatic nitrogens is 1. The van der Waals surface area contributed by atoms with Crippen LogP contribution < -0.4 is 10.9 Å². The van der Waals surface area contributed by atoms with Gasteiger partial charge in [0.2, 0.25) is 5.56 Å². The summed E-state index contributed by atoms with van der Waals surface area (Å²) in [6.07, 6.45) is 2.76. The molecule has 1 unspecified atom stereocenters. The summed E-state index contributed by atoms with van der Waals surface area (Å²) in [6, 6.07) is 9.89. The van der Waals surface area contributed by atoms with Crippen LogP contribution in [0.25, 0.3) is 0 Å². The maximum atomic E-state index is 11.4.